The summed E-state index contributed by atoms with van der Waals surface area (Å²) in [6.07, 6.45) is 0.101. The van der Waals surface area contributed by atoms with Crippen molar-refractivity contribution < 1.29 is 27.4 Å². The minimum atomic E-state index is -4.07. The average molecular weight is 431 g/mol. The van der Waals surface area contributed by atoms with Gasteiger partial charge in [0.05, 0.1) is 27.9 Å². The number of hydrogen-bond acceptors (Lipinski definition) is 5. The number of ether oxygens (including phenoxy) is 1. The van der Waals surface area contributed by atoms with E-state index >= 15 is 0 Å². The average Bonchev–Trinajstić information content (AvgIpc) is 2.58. The summed E-state index contributed by atoms with van der Waals surface area (Å²) in [6, 6.07) is 8.02. The Morgan fingerprint density at radius 3 is 2.61 bits per heavy atom. The summed E-state index contributed by atoms with van der Waals surface area (Å²) in [5, 5.41) is 8.93. The fourth-order valence-electron chi connectivity index (χ4n) is 2.43. The first-order valence-corrected chi connectivity index (χ1v) is 10.1. The third-order valence-electron chi connectivity index (χ3n) is 3.68. The van der Waals surface area contributed by atoms with Gasteiger partial charge in [0.25, 0.3) is 10.0 Å². The summed E-state index contributed by atoms with van der Waals surface area (Å²) in [4.78, 5) is 11.8. The molecule has 2 N–H and O–H groups in total. The number of halogens is 2. The Balaban J connectivity index is 2.20. The normalized spacial score (nSPS) is 11.1. The quantitative estimate of drug-likeness (QED) is 0.590. The van der Waals surface area contributed by atoms with E-state index in [1.54, 1.807) is 37.2 Å². The third kappa shape index (κ3) is 5.49. The van der Waals surface area contributed by atoms with Crippen molar-refractivity contribution in [2.45, 2.75) is 17.7 Å². The molecule has 0 aliphatic carbocycles. The van der Waals surface area contributed by atoms with Crippen LogP contribution in [-0.2, 0) is 14.8 Å². The molecular formula is C18H20ClFN2O5S. The first-order chi connectivity index (χ1) is 13.1. The molecule has 0 saturated carbocycles. The van der Waals surface area contributed by atoms with Gasteiger partial charge in [-0.1, -0.05) is 17.7 Å². The zero-order chi connectivity index (χ0) is 20.9. The fourth-order valence-corrected chi connectivity index (χ4v) is 3.85. The summed E-state index contributed by atoms with van der Waals surface area (Å²) in [5.41, 5.74) is 0.735. The standard InChI is InChI=1S/C18H20ClFN2O5S/c1-22(2)18-13(19)5-3-6-15(18)21-28(25,26)12-8-9-16(14(20)11-12)27-10-4-7-17(23)24/h3,5-6,8-9,11,21H,4,7,10H2,1-2H3,(H,23,24). The van der Waals surface area contributed by atoms with Gasteiger partial charge < -0.3 is 14.7 Å². The Labute approximate surface area is 167 Å². The van der Waals surface area contributed by atoms with E-state index in [0.29, 0.717) is 10.7 Å². The van der Waals surface area contributed by atoms with Crippen LogP contribution in [0, 0.1) is 5.82 Å². The molecule has 152 valence electrons. The van der Waals surface area contributed by atoms with Crippen molar-refractivity contribution in [3.8, 4) is 5.75 Å². The lowest BCUT2D eigenvalue weighted by atomic mass is 10.2. The molecule has 0 saturated heterocycles. The molecule has 0 unspecified atom stereocenters. The highest BCUT2D eigenvalue weighted by Gasteiger charge is 2.20. The maximum atomic E-state index is 14.2. The van der Waals surface area contributed by atoms with E-state index in [-0.39, 0.29) is 35.8 Å². The number of carboxylic acids is 1. The van der Waals surface area contributed by atoms with Crippen LogP contribution in [0.3, 0.4) is 0 Å². The van der Waals surface area contributed by atoms with E-state index < -0.39 is 21.8 Å². The van der Waals surface area contributed by atoms with Gasteiger partial charge in [0.15, 0.2) is 11.6 Å². The second-order valence-corrected chi connectivity index (χ2v) is 8.16. The molecule has 0 radical (unpaired) electrons. The first-order valence-electron chi connectivity index (χ1n) is 8.24. The van der Waals surface area contributed by atoms with E-state index in [2.05, 4.69) is 4.72 Å². The molecule has 0 aromatic heterocycles. The maximum absolute atomic E-state index is 14.2. The monoisotopic (exact) mass is 430 g/mol. The number of hydrogen-bond donors (Lipinski definition) is 2. The molecule has 2 aromatic rings. The largest absolute Gasteiger partial charge is 0.491 e. The Kier molecular flexibility index (Phi) is 7.09. The second-order valence-electron chi connectivity index (χ2n) is 6.07. The van der Waals surface area contributed by atoms with Crippen molar-refractivity contribution in [2.75, 3.05) is 30.3 Å². The highest BCUT2D eigenvalue weighted by molar-refractivity contribution is 7.92. The van der Waals surface area contributed by atoms with Crippen LogP contribution in [0.25, 0.3) is 0 Å². The number of rotatable bonds is 9. The number of benzene rings is 2. The van der Waals surface area contributed by atoms with E-state index in [9.17, 15) is 17.6 Å². The van der Waals surface area contributed by atoms with E-state index in [4.69, 9.17) is 21.4 Å². The lowest BCUT2D eigenvalue weighted by Gasteiger charge is -2.20. The predicted octanol–water partition coefficient (Wildman–Crippen LogP) is 3.59. The summed E-state index contributed by atoms with van der Waals surface area (Å²) >= 11 is 6.14. The Morgan fingerprint density at radius 2 is 2.00 bits per heavy atom. The number of carboxylic acid groups (broad SMARTS) is 1. The molecule has 0 aliphatic rings. The topological polar surface area (TPSA) is 95.9 Å². The van der Waals surface area contributed by atoms with Crippen LogP contribution >= 0.6 is 11.6 Å². The Bertz CT molecular complexity index is 966. The van der Waals surface area contributed by atoms with Gasteiger partial charge in [-0.2, -0.15) is 0 Å². The molecule has 0 fully saturated rings. The summed E-state index contributed by atoms with van der Waals surface area (Å²) in [7, 11) is -0.635. The lowest BCUT2D eigenvalue weighted by molar-refractivity contribution is -0.137. The molecule has 2 aromatic carbocycles. The zero-order valence-electron chi connectivity index (χ0n) is 15.3. The van der Waals surface area contributed by atoms with Crippen LogP contribution in [-0.4, -0.2) is 40.2 Å². The number of para-hydroxylation sites is 1. The molecule has 2 rings (SSSR count). The summed E-state index contributed by atoms with van der Waals surface area (Å²) in [6.45, 7) is 0.00226. The van der Waals surface area contributed by atoms with Gasteiger partial charge in [0.1, 0.15) is 0 Å². The second kappa shape index (κ2) is 9.11. The highest BCUT2D eigenvalue weighted by atomic mass is 35.5. The van der Waals surface area contributed by atoms with E-state index in [0.717, 1.165) is 6.07 Å². The molecule has 0 aliphatic heterocycles. The van der Waals surface area contributed by atoms with Crippen molar-refractivity contribution in [3.63, 3.8) is 0 Å². The number of anilines is 2. The summed E-state index contributed by atoms with van der Waals surface area (Å²) in [5.74, 6) is -1.99. The van der Waals surface area contributed by atoms with Gasteiger partial charge in [-0.3, -0.25) is 9.52 Å². The first kappa shape index (κ1) is 21.8. The minimum absolute atomic E-state index is 0.00226. The van der Waals surface area contributed by atoms with Crippen LogP contribution in [0.4, 0.5) is 15.8 Å². The van der Waals surface area contributed by atoms with Crippen LogP contribution < -0.4 is 14.4 Å². The smallest absolute Gasteiger partial charge is 0.303 e. The Morgan fingerprint density at radius 1 is 1.29 bits per heavy atom. The molecular weight excluding hydrogens is 411 g/mol. The van der Waals surface area contributed by atoms with Gasteiger partial charge in [-0.15, -0.1) is 0 Å². The van der Waals surface area contributed by atoms with Gasteiger partial charge in [-0.25, -0.2) is 12.8 Å². The van der Waals surface area contributed by atoms with Crippen molar-refractivity contribution in [2.24, 2.45) is 0 Å². The van der Waals surface area contributed by atoms with E-state index in [1.165, 1.54) is 12.1 Å². The zero-order valence-corrected chi connectivity index (χ0v) is 16.8. The molecule has 0 atom stereocenters. The Hall–Kier alpha value is -2.52. The van der Waals surface area contributed by atoms with Crippen molar-refractivity contribution in [1.29, 1.82) is 0 Å². The number of nitrogens with one attached hydrogen (secondary N) is 1. The molecule has 0 heterocycles. The molecule has 7 nitrogen and oxygen atoms in total. The van der Waals surface area contributed by atoms with Crippen LogP contribution in [0.2, 0.25) is 5.02 Å². The summed E-state index contributed by atoms with van der Waals surface area (Å²) < 4.78 is 47.1. The third-order valence-corrected chi connectivity index (χ3v) is 5.35. The van der Waals surface area contributed by atoms with Gasteiger partial charge in [0, 0.05) is 20.5 Å². The lowest BCUT2D eigenvalue weighted by Crippen LogP contribution is -2.17. The van der Waals surface area contributed by atoms with Crippen LogP contribution in [0.1, 0.15) is 12.8 Å². The minimum Gasteiger partial charge on any atom is -0.491 e. The molecule has 0 spiro atoms. The predicted molar refractivity (Wildman–Crippen MR) is 105 cm³/mol. The van der Waals surface area contributed by atoms with Crippen molar-refractivity contribution in [3.05, 3.63) is 47.2 Å². The number of aliphatic carboxylic acids is 1. The number of nitrogens with zero attached hydrogens (tertiary/aromatic N) is 1. The van der Waals surface area contributed by atoms with Crippen LogP contribution in [0.5, 0.6) is 5.75 Å². The number of carbonyl (C=O) groups is 1. The maximum Gasteiger partial charge on any atom is 0.303 e. The SMILES string of the molecule is CN(C)c1c(Cl)cccc1NS(=O)(=O)c1ccc(OCCCC(=O)O)c(F)c1. The van der Waals surface area contributed by atoms with Gasteiger partial charge in [0.2, 0.25) is 0 Å². The fraction of sp³-hybridized carbons (Fsp3) is 0.278. The number of sulfonamides is 1. The van der Waals surface area contributed by atoms with Crippen molar-refractivity contribution >= 4 is 39.0 Å². The van der Waals surface area contributed by atoms with Crippen molar-refractivity contribution in [1.82, 2.24) is 0 Å². The van der Waals surface area contributed by atoms with Gasteiger partial charge in [-0.05, 0) is 36.8 Å². The molecule has 0 amide bonds. The highest BCUT2D eigenvalue weighted by Crippen LogP contribution is 2.34. The van der Waals surface area contributed by atoms with Crippen LogP contribution in [0.15, 0.2) is 41.3 Å². The molecule has 28 heavy (non-hydrogen) atoms. The van der Waals surface area contributed by atoms with E-state index in [1.807, 2.05) is 0 Å². The molecule has 0 bridgehead atoms. The van der Waals surface area contributed by atoms with Gasteiger partial charge >= 0.3 is 5.97 Å². The molecule has 10 heteroatoms.